The van der Waals surface area contributed by atoms with E-state index in [0.717, 1.165) is 54.3 Å². The van der Waals surface area contributed by atoms with Crippen molar-refractivity contribution in [2.45, 2.75) is 25.9 Å². The van der Waals surface area contributed by atoms with Crippen LogP contribution >= 0.6 is 0 Å². The Morgan fingerprint density at radius 2 is 1.60 bits per heavy atom. The molecule has 0 aliphatic carbocycles. The number of aliphatic imine (C=N–C) groups is 1. The molecule has 154 valence electrons. The molecular weight excluding hydrogens is 374 g/mol. The standard InChI is InChI=1S/C26H27NO3/c1-28-22-11-8-19(9-12-22)10-13-24-23-17-26(30-18-20-6-4-3-5-7-20)25(29-2)16-21(23)14-15-27-24/h3-9,11-12,16-17H,10,13-15,18H2,1-2H3. The van der Waals surface area contributed by atoms with Crippen molar-refractivity contribution in [2.75, 3.05) is 20.8 Å². The zero-order valence-electron chi connectivity index (χ0n) is 17.6. The molecule has 30 heavy (non-hydrogen) atoms. The molecule has 0 aromatic heterocycles. The van der Waals surface area contributed by atoms with Gasteiger partial charge in [0.15, 0.2) is 11.5 Å². The molecule has 3 aromatic rings. The molecule has 0 atom stereocenters. The van der Waals surface area contributed by atoms with Crippen LogP contribution < -0.4 is 14.2 Å². The third kappa shape index (κ3) is 4.65. The Morgan fingerprint density at radius 1 is 0.800 bits per heavy atom. The number of hydrogen-bond acceptors (Lipinski definition) is 4. The van der Waals surface area contributed by atoms with Crippen LogP contribution in [0.5, 0.6) is 17.2 Å². The lowest BCUT2D eigenvalue weighted by Gasteiger charge is -2.20. The number of ether oxygens (including phenoxy) is 3. The summed E-state index contributed by atoms with van der Waals surface area (Å²) in [6, 6.07) is 22.6. The Morgan fingerprint density at radius 3 is 2.33 bits per heavy atom. The van der Waals surface area contributed by atoms with Gasteiger partial charge in [0, 0.05) is 17.8 Å². The van der Waals surface area contributed by atoms with Crippen molar-refractivity contribution in [3.8, 4) is 17.2 Å². The molecule has 1 aliphatic rings. The lowest BCUT2D eigenvalue weighted by atomic mass is 9.93. The summed E-state index contributed by atoms with van der Waals surface area (Å²) >= 11 is 0. The normalized spacial score (nSPS) is 12.7. The number of nitrogens with zero attached hydrogens (tertiary/aromatic N) is 1. The summed E-state index contributed by atoms with van der Waals surface area (Å²) in [4.78, 5) is 4.83. The molecule has 4 nitrogen and oxygen atoms in total. The summed E-state index contributed by atoms with van der Waals surface area (Å²) in [5.41, 5.74) is 6.00. The minimum absolute atomic E-state index is 0.508. The van der Waals surface area contributed by atoms with Crippen molar-refractivity contribution in [3.63, 3.8) is 0 Å². The van der Waals surface area contributed by atoms with E-state index in [0.29, 0.717) is 6.61 Å². The second-order valence-corrected chi connectivity index (χ2v) is 7.36. The molecule has 0 bridgehead atoms. The van der Waals surface area contributed by atoms with Crippen molar-refractivity contribution in [1.29, 1.82) is 0 Å². The third-order valence-corrected chi connectivity index (χ3v) is 5.43. The maximum Gasteiger partial charge on any atom is 0.162 e. The minimum Gasteiger partial charge on any atom is -0.497 e. The summed E-state index contributed by atoms with van der Waals surface area (Å²) in [6.45, 7) is 1.33. The van der Waals surface area contributed by atoms with Crippen LogP contribution in [0.2, 0.25) is 0 Å². The molecule has 0 fully saturated rings. The van der Waals surface area contributed by atoms with E-state index in [2.05, 4.69) is 36.4 Å². The first-order valence-corrected chi connectivity index (χ1v) is 10.3. The van der Waals surface area contributed by atoms with Gasteiger partial charge in [-0.1, -0.05) is 42.5 Å². The van der Waals surface area contributed by atoms with Crippen LogP contribution in [0.4, 0.5) is 0 Å². The number of benzene rings is 3. The van der Waals surface area contributed by atoms with Gasteiger partial charge >= 0.3 is 0 Å². The largest absolute Gasteiger partial charge is 0.497 e. The number of fused-ring (bicyclic) bond motifs is 1. The molecule has 0 unspecified atom stereocenters. The predicted molar refractivity (Wildman–Crippen MR) is 120 cm³/mol. The SMILES string of the molecule is COc1ccc(CCC2=NCCc3cc(OC)c(OCc4ccccc4)cc32)cc1. The van der Waals surface area contributed by atoms with Crippen LogP contribution in [0.15, 0.2) is 71.7 Å². The summed E-state index contributed by atoms with van der Waals surface area (Å²) in [5.74, 6) is 2.42. The van der Waals surface area contributed by atoms with Crippen LogP contribution in [0.3, 0.4) is 0 Å². The zero-order valence-corrected chi connectivity index (χ0v) is 17.6. The van der Waals surface area contributed by atoms with Crippen LogP contribution in [0, 0.1) is 0 Å². The van der Waals surface area contributed by atoms with Gasteiger partial charge in [-0.2, -0.15) is 0 Å². The average molecular weight is 402 g/mol. The molecule has 0 radical (unpaired) electrons. The van der Waals surface area contributed by atoms with E-state index in [1.54, 1.807) is 14.2 Å². The number of methoxy groups -OCH3 is 2. The van der Waals surface area contributed by atoms with Gasteiger partial charge in [-0.25, -0.2) is 0 Å². The summed E-state index contributed by atoms with van der Waals surface area (Å²) < 4.78 is 17.0. The molecular formula is C26H27NO3. The first-order chi connectivity index (χ1) is 14.8. The first-order valence-electron chi connectivity index (χ1n) is 10.3. The van der Waals surface area contributed by atoms with Crippen molar-refractivity contribution >= 4 is 5.71 Å². The summed E-state index contributed by atoms with van der Waals surface area (Å²) in [5, 5.41) is 0. The number of aryl methyl sites for hydroxylation is 1. The topological polar surface area (TPSA) is 40.0 Å². The summed E-state index contributed by atoms with van der Waals surface area (Å²) in [7, 11) is 3.38. The van der Waals surface area contributed by atoms with Gasteiger partial charge in [-0.05, 0) is 60.2 Å². The number of hydrogen-bond donors (Lipinski definition) is 0. The third-order valence-electron chi connectivity index (χ3n) is 5.43. The molecule has 0 amide bonds. The molecule has 1 aliphatic heterocycles. The predicted octanol–water partition coefficient (Wildman–Crippen LogP) is 5.26. The Balaban J connectivity index is 1.52. The van der Waals surface area contributed by atoms with E-state index >= 15 is 0 Å². The van der Waals surface area contributed by atoms with Gasteiger partial charge in [0.1, 0.15) is 12.4 Å². The second-order valence-electron chi connectivity index (χ2n) is 7.36. The van der Waals surface area contributed by atoms with Crippen molar-refractivity contribution in [3.05, 3.63) is 89.0 Å². The van der Waals surface area contributed by atoms with Crippen molar-refractivity contribution < 1.29 is 14.2 Å². The van der Waals surface area contributed by atoms with E-state index in [4.69, 9.17) is 19.2 Å². The fraction of sp³-hybridized carbons (Fsp3) is 0.269. The molecule has 3 aromatic carbocycles. The van der Waals surface area contributed by atoms with Gasteiger partial charge < -0.3 is 14.2 Å². The van der Waals surface area contributed by atoms with Crippen LogP contribution in [0.1, 0.15) is 28.7 Å². The van der Waals surface area contributed by atoms with E-state index in [1.807, 2.05) is 30.3 Å². The zero-order chi connectivity index (χ0) is 20.8. The van der Waals surface area contributed by atoms with Gasteiger partial charge in [0.25, 0.3) is 0 Å². The van der Waals surface area contributed by atoms with E-state index in [1.165, 1.54) is 16.7 Å². The average Bonchev–Trinajstić information content (AvgIpc) is 2.81. The Bertz CT molecular complexity index is 1010. The van der Waals surface area contributed by atoms with E-state index in [9.17, 15) is 0 Å². The van der Waals surface area contributed by atoms with Crippen LogP contribution in [0.25, 0.3) is 0 Å². The van der Waals surface area contributed by atoms with Crippen LogP contribution in [-0.4, -0.2) is 26.5 Å². The molecule has 4 heteroatoms. The Kier molecular flexibility index (Phi) is 6.33. The van der Waals surface area contributed by atoms with Gasteiger partial charge in [-0.3, -0.25) is 4.99 Å². The molecule has 0 saturated carbocycles. The highest BCUT2D eigenvalue weighted by molar-refractivity contribution is 6.03. The Labute approximate surface area is 178 Å². The maximum absolute atomic E-state index is 6.12. The van der Waals surface area contributed by atoms with Gasteiger partial charge in [-0.15, -0.1) is 0 Å². The maximum atomic E-state index is 6.12. The lowest BCUT2D eigenvalue weighted by Crippen LogP contribution is -2.14. The van der Waals surface area contributed by atoms with Crippen LogP contribution in [-0.2, 0) is 19.4 Å². The molecule has 1 heterocycles. The van der Waals surface area contributed by atoms with Crippen molar-refractivity contribution in [1.82, 2.24) is 0 Å². The highest BCUT2D eigenvalue weighted by atomic mass is 16.5. The van der Waals surface area contributed by atoms with E-state index in [-0.39, 0.29) is 0 Å². The molecule has 0 saturated heterocycles. The fourth-order valence-corrected chi connectivity index (χ4v) is 3.75. The fourth-order valence-electron chi connectivity index (χ4n) is 3.75. The quantitative estimate of drug-likeness (QED) is 0.517. The highest BCUT2D eigenvalue weighted by Gasteiger charge is 2.19. The monoisotopic (exact) mass is 401 g/mol. The lowest BCUT2D eigenvalue weighted by molar-refractivity contribution is 0.284. The van der Waals surface area contributed by atoms with Gasteiger partial charge in [0.2, 0.25) is 0 Å². The second kappa shape index (κ2) is 9.49. The molecule has 0 spiro atoms. The highest BCUT2D eigenvalue weighted by Crippen LogP contribution is 2.34. The number of rotatable bonds is 8. The van der Waals surface area contributed by atoms with Gasteiger partial charge in [0.05, 0.1) is 14.2 Å². The smallest absolute Gasteiger partial charge is 0.162 e. The molecule has 4 rings (SSSR count). The van der Waals surface area contributed by atoms with Crippen molar-refractivity contribution in [2.24, 2.45) is 4.99 Å². The minimum atomic E-state index is 0.508. The van der Waals surface area contributed by atoms with E-state index < -0.39 is 0 Å². The Hall–Kier alpha value is -3.27. The summed E-state index contributed by atoms with van der Waals surface area (Å²) in [6.07, 6.45) is 2.76. The first kappa shape index (κ1) is 20.0. The molecule has 0 N–H and O–H groups in total.